The number of benzene rings is 1. The van der Waals surface area contributed by atoms with Gasteiger partial charge in [-0.15, -0.1) is 11.3 Å². The van der Waals surface area contributed by atoms with Gasteiger partial charge < -0.3 is 10.2 Å². The summed E-state index contributed by atoms with van der Waals surface area (Å²) in [5, 5.41) is 0.659. The van der Waals surface area contributed by atoms with Gasteiger partial charge in [0.1, 0.15) is 12.3 Å². The van der Waals surface area contributed by atoms with Crippen LogP contribution in [0.15, 0.2) is 24.3 Å². The molecule has 2 aromatic rings. The zero-order valence-electron chi connectivity index (χ0n) is 16.9. The van der Waals surface area contributed by atoms with E-state index in [2.05, 4.69) is 7.05 Å². The van der Waals surface area contributed by atoms with E-state index in [-0.39, 0.29) is 12.2 Å². The number of nitrogens with zero attached hydrogens (tertiary/aromatic N) is 1. The zero-order valence-corrected chi connectivity index (χ0v) is 18.5. The number of primary amides is 1. The fourth-order valence-corrected chi connectivity index (χ4v) is 6.39. The van der Waals surface area contributed by atoms with E-state index in [4.69, 9.17) is 17.3 Å². The highest BCUT2D eigenvalue weighted by Gasteiger charge is 2.37. The molecule has 0 bridgehead atoms. The first-order chi connectivity index (χ1) is 13.8. The van der Waals surface area contributed by atoms with Crippen molar-refractivity contribution in [2.45, 2.75) is 45.1 Å². The highest BCUT2D eigenvalue weighted by atomic mass is 35.5. The number of quaternary nitrogens is 1. The molecule has 6 heteroatoms. The molecule has 1 aliphatic carbocycles. The maximum Gasteiger partial charge on any atom is 0.250 e. The predicted molar refractivity (Wildman–Crippen MR) is 117 cm³/mol. The lowest BCUT2D eigenvalue weighted by Gasteiger charge is -2.42. The minimum atomic E-state index is -0.396. The van der Waals surface area contributed by atoms with E-state index < -0.39 is 5.91 Å². The smallest absolute Gasteiger partial charge is 0.250 e. The largest absolute Gasteiger partial charge is 0.366 e. The van der Waals surface area contributed by atoms with Crippen LogP contribution in [-0.4, -0.2) is 36.3 Å². The Kier molecular flexibility index (Phi) is 5.83. The molecule has 2 heterocycles. The average Bonchev–Trinajstić information content (AvgIpc) is 2.97. The average molecular weight is 432 g/mol. The van der Waals surface area contributed by atoms with Crippen LogP contribution in [-0.2, 0) is 30.6 Å². The molecule has 1 saturated carbocycles. The number of hydrogen-bond acceptors (Lipinski definition) is 3. The number of fused-ring (bicyclic) bond motifs is 1. The number of amides is 1. The Morgan fingerprint density at radius 2 is 1.93 bits per heavy atom. The maximum absolute atomic E-state index is 12.7. The third-order valence-corrected chi connectivity index (χ3v) is 7.90. The van der Waals surface area contributed by atoms with E-state index in [1.165, 1.54) is 30.7 Å². The first kappa shape index (κ1) is 20.6. The minimum Gasteiger partial charge on any atom is -0.366 e. The molecule has 29 heavy (non-hydrogen) atoms. The van der Waals surface area contributed by atoms with Crippen LogP contribution in [0, 0.1) is 5.92 Å². The number of halogens is 1. The van der Waals surface area contributed by atoms with Gasteiger partial charge >= 0.3 is 0 Å². The van der Waals surface area contributed by atoms with Gasteiger partial charge in [-0.3, -0.25) is 9.59 Å². The number of hydrogen-bond donors (Lipinski definition) is 1. The van der Waals surface area contributed by atoms with Crippen LogP contribution in [0.25, 0.3) is 0 Å². The summed E-state index contributed by atoms with van der Waals surface area (Å²) < 4.78 is 1.04. The van der Waals surface area contributed by atoms with E-state index >= 15 is 0 Å². The first-order valence-electron chi connectivity index (χ1n) is 10.4. The third-order valence-electron chi connectivity index (χ3n) is 6.43. The van der Waals surface area contributed by atoms with Gasteiger partial charge in [0.25, 0.3) is 0 Å². The number of Topliss-reactive ketones (excluding diaryl/α,β-unsaturated/α-hetero) is 1. The van der Waals surface area contributed by atoms with Crippen molar-refractivity contribution in [3.8, 4) is 0 Å². The van der Waals surface area contributed by atoms with Crippen molar-refractivity contribution in [1.82, 2.24) is 0 Å². The van der Waals surface area contributed by atoms with Gasteiger partial charge in [-0.05, 0) is 36.1 Å². The maximum atomic E-state index is 12.7. The highest BCUT2D eigenvalue weighted by Crippen LogP contribution is 2.38. The second-order valence-corrected chi connectivity index (χ2v) is 10.5. The van der Waals surface area contributed by atoms with Gasteiger partial charge in [-0.2, -0.15) is 0 Å². The molecule has 2 aliphatic rings. The van der Waals surface area contributed by atoms with Crippen LogP contribution < -0.4 is 5.73 Å². The Hall–Kier alpha value is -1.69. The minimum absolute atomic E-state index is 0.0974. The fourth-order valence-electron chi connectivity index (χ4n) is 4.71. The van der Waals surface area contributed by atoms with Crippen LogP contribution in [0.5, 0.6) is 0 Å². The summed E-state index contributed by atoms with van der Waals surface area (Å²) in [5.41, 5.74) is 8.39. The second-order valence-electron chi connectivity index (χ2n) is 8.92. The molecule has 1 unspecified atom stereocenters. The second kappa shape index (κ2) is 8.21. The molecule has 1 aromatic heterocycles. The lowest BCUT2D eigenvalue weighted by atomic mass is 9.84. The lowest BCUT2D eigenvalue weighted by Crippen LogP contribution is -2.51. The quantitative estimate of drug-likeness (QED) is 0.669. The van der Waals surface area contributed by atoms with Gasteiger partial charge in [-0.1, -0.05) is 30.2 Å². The van der Waals surface area contributed by atoms with Crippen LogP contribution in [0.2, 0.25) is 5.02 Å². The summed E-state index contributed by atoms with van der Waals surface area (Å²) in [6.07, 6.45) is 5.54. The summed E-state index contributed by atoms with van der Waals surface area (Å²) in [6.45, 7) is 3.20. The molecule has 1 fully saturated rings. The molecule has 0 spiro atoms. The Morgan fingerprint density at radius 1 is 1.21 bits per heavy atom. The SMILES string of the molecule is C[N+]1(CC2CCC2)CCc2c(sc(CC(=O)Cc3ccc(Cl)cc3)c2C(N)=O)C1. The Labute approximate surface area is 181 Å². The van der Waals surface area contributed by atoms with Crippen molar-refractivity contribution in [1.29, 1.82) is 0 Å². The number of ketones is 1. The molecule has 1 aliphatic heterocycles. The van der Waals surface area contributed by atoms with Crippen molar-refractivity contribution in [2.75, 3.05) is 20.1 Å². The molecule has 4 rings (SSSR count). The van der Waals surface area contributed by atoms with E-state index in [1.54, 1.807) is 23.5 Å². The number of likely N-dealkylation sites (N-methyl/N-ethyl adjacent to an activating group) is 1. The molecule has 4 nitrogen and oxygen atoms in total. The summed E-state index contributed by atoms with van der Waals surface area (Å²) in [6, 6.07) is 7.34. The van der Waals surface area contributed by atoms with Crippen LogP contribution in [0.1, 0.15) is 50.5 Å². The predicted octanol–water partition coefficient (Wildman–Crippen LogP) is 4.16. The number of nitrogens with two attached hydrogens (primary N) is 1. The molecular formula is C23H28ClN2O2S+. The molecule has 0 saturated heterocycles. The van der Waals surface area contributed by atoms with Crippen LogP contribution >= 0.6 is 22.9 Å². The number of thiophene rings is 1. The lowest BCUT2D eigenvalue weighted by molar-refractivity contribution is -0.927. The number of carbonyl (C=O) groups is 2. The highest BCUT2D eigenvalue weighted by molar-refractivity contribution is 7.12. The number of rotatable bonds is 7. The van der Waals surface area contributed by atoms with Crippen LogP contribution in [0.3, 0.4) is 0 Å². The van der Waals surface area contributed by atoms with Crippen molar-refractivity contribution in [2.24, 2.45) is 11.7 Å². The molecule has 0 radical (unpaired) electrons. The zero-order chi connectivity index (χ0) is 20.6. The molecule has 1 atom stereocenters. The monoisotopic (exact) mass is 431 g/mol. The van der Waals surface area contributed by atoms with Crippen molar-refractivity contribution < 1.29 is 14.1 Å². The van der Waals surface area contributed by atoms with E-state index in [0.717, 1.165) is 45.9 Å². The summed E-state index contributed by atoms with van der Waals surface area (Å²) in [4.78, 5) is 27.0. The van der Waals surface area contributed by atoms with Crippen molar-refractivity contribution >= 4 is 34.6 Å². The van der Waals surface area contributed by atoms with Crippen molar-refractivity contribution in [3.63, 3.8) is 0 Å². The Balaban J connectivity index is 1.51. The molecule has 1 amide bonds. The van der Waals surface area contributed by atoms with Crippen molar-refractivity contribution in [3.05, 3.63) is 55.7 Å². The van der Waals surface area contributed by atoms with Crippen LogP contribution in [0.4, 0.5) is 0 Å². The molecule has 1 aromatic carbocycles. The molecular weight excluding hydrogens is 404 g/mol. The third kappa shape index (κ3) is 4.57. The summed E-state index contributed by atoms with van der Waals surface area (Å²) in [5.74, 6) is 0.546. The molecule has 2 N–H and O–H groups in total. The van der Waals surface area contributed by atoms with Gasteiger partial charge in [-0.25, -0.2) is 0 Å². The van der Waals surface area contributed by atoms with E-state index in [1.807, 2.05) is 12.1 Å². The topological polar surface area (TPSA) is 60.2 Å². The van der Waals surface area contributed by atoms with E-state index in [9.17, 15) is 9.59 Å². The Bertz CT molecular complexity index is 933. The normalized spacial score (nSPS) is 21.4. The first-order valence-corrected chi connectivity index (χ1v) is 11.6. The molecule has 154 valence electrons. The van der Waals surface area contributed by atoms with Gasteiger partial charge in [0.2, 0.25) is 5.91 Å². The Morgan fingerprint density at radius 3 is 2.55 bits per heavy atom. The van der Waals surface area contributed by atoms with Gasteiger partial charge in [0.15, 0.2) is 0 Å². The summed E-state index contributed by atoms with van der Waals surface area (Å²) in [7, 11) is 2.33. The standard InChI is InChI=1S/C23H27ClN2O2S/c1-26(13-16-3-2-4-16)10-9-19-21(14-26)29-20(22(19)23(25)28)12-18(27)11-15-5-7-17(24)8-6-15/h5-8,16H,2-4,9-14H2,1H3,(H-,25,28)/p+1. The van der Waals surface area contributed by atoms with E-state index in [0.29, 0.717) is 17.0 Å². The number of carbonyl (C=O) groups excluding carboxylic acids is 2. The van der Waals surface area contributed by atoms with Gasteiger partial charge in [0, 0.05) is 35.1 Å². The van der Waals surface area contributed by atoms with Gasteiger partial charge in [0.05, 0.1) is 30.6 Å². The summed E-state index contributed by atoms with van der Waals surface area (Å²) >= 11 is 7.55. The fraction of sp³-hybridized carbons (Fsp3) is 0.478.